The molecule has 0 saturated carbocycles. The van der Waals surface area contributed by atoms with Crippen molar-refractivity contribution in [3.05, 3.63) is 39.4 Å². The molecule has 2 aromatic heterocycles. The van der Waals surface area contributed by atoms with E-state index in [0.717, 1.165) is 5.01 Å². The molecule has 0 radical (unpaired) electrons. The normalized spacial score (nSPS) is 11.8. The third-order valence-corrected chi connectivity index (χ3v) is 3.85. The number of hydrogen-bond acceptors (Lipinski definition) is 5. The van der Waals surface area contributed by atoms with Crippen molar-refractivity contribution in [2.45, 2.75) is 12.8 Å². The van der Waals surface area contributed by atoms with Crippen molar-refractivity contribution in [3.8, 4) is 6.07 Å². The van der Waals surface area contributed by atoms with Crippen LogP contribution < -0.4 is 5.32 Å². The highest BCUT2D eigenvalue weighted by Crippen LogP contribution is 2.24. The van der Waals surface area contributed by atoms with Crippen molar-refractivity contribution in [2.75, 3.05) is 11.9 Å². The van der Waals surface area contributed by atoms with Crippen LogP contribution in [0, 0.1) is 11.3 Å². The molecule has 0 bridgehead atoms. The standard InChI is InChI=1S/C12H11ClN4S/c1-8(12-16-4-5-18-12)7-17-11-10(13)9(6-14)2-3-15-11/h2-5,8H,7H2,1H3,(H,15,17). The molecular formula is C12H11ClN4S. The highest BCUT2D eigenvalue weighted by Gasteiger charge is 2.11. The van der Waals surface area contributed by atoms with E-state index in [0.29, 0.717) is 22.9 Å². The van der Waals surface area contributed by atoms with Gasteiger partial charge in [0.1, 0.15) is 16.9 Å². The number of thiazole rings is 1. The van der Waals surface area contributed by atoms with Gasteiger partial charge in [0.2, 0.25) is 0 Å². The minimum absolute atomic E-state index is 0.272. The molecule has 0 spiro atoms. The molecule has 4 nitrogen and oxygen atoms in total. The lowest BCUT2D eigenvalue weighted by Crippen LogP contribution is -2.11. The number of anilines is 1. The Labute approximate surface area is 114 Å². The fraction of sp³-hybridized carbons (Fsp3) is 0.250. The van der Waals surface area contributed by atoms with E-state index < -0.39 is 0 Å². The van der Waals surface area contributed by atoms with Crippen LogP contribution in [0.15, 0.2) is 23.8 Å². The predicted molar refractivity (Wildman–Crippen MR) is 73.0 cm³/mol. The molecule has 0 saturated heterocycles. The summed E-state index contributed by atoms with van der Waals surface area (Å²) in [5.41, 5.74) is 0.427. The van der Waals surface area contributed by atoms with Crippen molar-refractivity contribution in [2.24, 2.45) is 0 Å². The minimum Gasteiger partial charge on any atom is -0.368 e. The summed E-state index contributed by atoms with van der Waals surface area (Å²) in [5.74, 6) is 0.813. The average molecular weight is 279 g/mol. The van der Waals surface area contributed by atoms with E-state index in [1.54, 1.807) is 29.8 Å². The molecule has 6 heteroatoms. The molecule has 1 N–H and O–H groups in total. The summed E-state index contributed by atoms with van der Waals surface area (Å²) in [4.78, 5) is 8.39. The summed E-state index contributed by atoms with van der Waals surface area (Å²) in [7, 11) is 0. The predicted octanol–water partition coefficient (Wildman–Crippen LogP) is 3.28. The largest absolute Gasteiger partial charge is 0.368 e. The highest BCUT2D eigenvalue weighted by molar-refractivity contribution is 7.09. The van der Waals surface area contributed by atoms with Gasteiger partial charge in [0.25, 0.3) is 0 Å². The lowest BCUT2D eigenvalue weighted by molar-refractivity contribution is 0.792. The van der Waals surface area contributed by atoms with E-state index in [1.165, 1.54) is 0 Å². The van der Waals surface area contributed by atoms with E-state index in [4.69, 9.17) is 16.9 Å². The molecule has 0 aliphatic carbocycles. The third-order valence-electron chi connectivity index (χ3n) is 2.46. The maximum Gasteiger partial charge on any atom is 0.146 e. The van der Waals surface area contributed by atoms with Crippen molar-refractivity contribution in [1.82, 2.24) is 9.97 Å². The van der Waals surface area contributed by atoms with Gasteiger partial charge in [0, 0.05) is 30.2 Å². The summed E-state index contributed by atoms with van der Waals surface area (Å²) in [6.45, 7) is 2.75. The smallest absolute Gasteiger partial charge is 0.146 e. The molecule has 0 aliphatic heterocycles. The van der Waals surface area contributed by atoms with Crippen LogP contribution in [0.1, 0.15) is 23.4 Å². The zero-order valence-electron chi connectivity index (χ0n) is 9.72. The number of nitrogens with zero attached hydrogens (tertiary/aromatic N) is 3. The van der Waals surface area contributed by atoms with Gasteiger partial charge in [-0.25, -0.2) is 9.97 Å². The Hall–Kier alpha value is -1.64. The minimum atomic E-state index is 0.272. The lowest BCUT2D eigenvalue weighted by atomic mass is 10.2. The van der Waals surface area contributed by atoms with Gasteiger partial charge in [-0.1, -0.05) is 18.5 Å². The third kappa shape index (κ3) is 2.78. The first-order valence-corrected chi connectivity index (χ1v) is 6.66. The Balaban J connectivity index is 2.05. The fourth-order valence-electron chi connectivity index (χ4n) is 1.47. The summed E-state index contributed by atoms with van der Waals surface area (Å²) in [5, 5.41) is 15.4. The molecule has 18 heavy (non-hydrogen) atoms. The highest BCUT2D eigenvalue weighted by atomic mass is 35.5. The molecule has 92 valence electrons. The molecular weight excluding hydrogens is 268 g/mol. The molecule has 0 fully saturated rings. The number of hydrogen-bond donors (Lipinski definition) is 1. The first-order valence-electron chi connectivity index (χ1n) is 5.40. The van der Waals surface area contributed by atoms with Crippen LogP contribution in [-0.2, 0) is 0 Å². The number of pyridine rings is 1. The quantitative estimate of drug-likeness (QED) is 0.932. The first-order chi connectivity index (χ1) is 8.72. The van der Waals surface area contributed by atoms with Crippen LogP contribution in [0.3, 0.4) is 0 Å². The van der Waals surface area contributed by atoms with Crippen LogP contribution in [0.2, 0.25) is 5.02 Å². The Morgan fingerprint density at radius 2 is 2.33 bits per heavy atom. The van der Waals surface area contributed by atoms with Crippen LogP contribution in [-0.4, -0.2) is 16.5 Å². The molecule has 1 atom stereocenters. The van der Waals surface area contributed by atoms with Gasteiger partial charge in [0.05, 0.1) is 10.6 Å². The van der Waals surface area contributed by atoms with Gasteiger partial charge in [-0.3, -0.25) is 0 Å². The summed E-state index contributed by atoms with van der Waals surface area (Å²) in [6.07, 6.45) is 3.36. The second-order valence-electron chi connectivity index (χ2n) is 3.79. The molecule has 2 rings (SSSR count). The molecule has 0 amide bonds. The van der Waals surface area contributed by atoms with Gasteiger partial charge >= 0.3 is 0 Å². The van der Waals surface area contributed by atoms with Crippen molar-refractivity contribution in [1.29, 1.82) is 5.26 Å². The second kappa shape index (κ2) is 5.80. The Kier molecular flexibility index (Phi) is 4.13. The lowest BCUT2D eigenvalue weighted by Gasteiger charge is -2.11. The maximum absolute atomic E-state index is 8.87. The monoisotopic (exact) mass is 278 g/mol. The zero-order valence-corrected chi connectivity index (χ0v) is 11.3. The van der Waals surface area contributed by atoms with Gasteiger partial charge < -0.3 is 5.32 Å². The second-order valence-corrected chi connectivity index (χ2v) is 5.09. The molecule has 0 aromatic carbocycles. The number of nitrogens with one attached hydrogen (secondary N) is 1. The topological polar surface area (TPSA) is 61.6 Å². The van der Waals surface area contributed by atoms with Crippen molar-refractivity contribution >= 4 is 28.8 Å². The SMILES string of the molecule is CC(CNc1nccc(C#N)c1Cl)c1nccs1. The van der Waals surface area contributed by atoms with Gasteiger partial charge in [0.15, 0.2) is 0 Å². The molecule has 2 heterocycles. The van der Waals surface area contributed by atoms with E-state index in [-0.39, 0.29) is 5.92 Å². The first kappa shape index (κ1) is 12.8. The van der Waals surface area contributed by atoms with Crippen LogP contribution in [0.25, 0.3) is 0 Å². The summed E-state index contributed by atoms with van der Waals surface area (Å²) >= 11 is 7.68. The number of rotatable bonds is 4. The van der Waals surface area contributed by atoms with Crippen molar-refractivity contribution < 1.29 is 0 Å². The molecule has 1 unspecified atom stereocenters. The maximum atomic E-state index is 8.87. The zero-order chi connectivity index (χ0) is 13.0. The van der Waals surface area contributed by atoms with E-state index in [2.05, 4.69) is 22.2 Å². The van der Waals surface area contributed by atoms with Crippen molar-refractivity contribution in [3.63, 3.8) is 0 Å². The summed E-state index contributed by atoms with van der Waals surface area (Å²) in [6, 6.07) is 3.62. The van der Waals surface area contributed by atoms with Crippen LogP contribution in [0.4, 0.5) is 5.82 Å². The molecule has 2 aromatic rings. The van der Waals surface area contributed by atoms with Gasteiger partial charge in [-0.2, -0.15) is 5.26 Å². The Morgan fingerprint density at radius 1 is 1.50 bits per heavy atom. The van der Waals surface area contributed by atoms with E-state index >= 15 is 0 Å². The van der Waals surface area contributed by atoms with E-state index in [9.17, 15) is 0 Å². The number of aromatic nitrogens is 2. The average Bonchev–Trinajstić information content (AvgIpc) is 2.91. The molecule has 0 aliphatic rings. The Morgan fingerprint density at radius 3 is 3.00 bits per heavy atom. The van der Waals surface area contributed by atoms with Crippen LogP contribution >= 0.6 is 22.9 Å². The Bertz CT molecular complexity index is 562. The number of halogens is 1. The van der Waals surface area contributed by atoms with E-state index in [1.807, 2.05) is 11.4 Å². The van der Waals surface area contributed by atoms with Crippen LogP contribution in [0.5, 0.6) is 0 Å². The summed E-state index contributed by atoms with van der Waals surface area (Å²) < 4.78 is 0. The fourth-order valence-corrected chi connectivity index (χ4v) is 2.39. The number of nitriles is 1. The van der Waals surface area contributed by atoms with Gasteiger partial charge in [-0.05, 0) is 6.07 Å². The van der Waals surface area contributed by atoms with Gasteiger partial charge in [-0.15, -0.1) is 11.3 Å².